The number of alkyl carbamates (subject to hydrolysis) is 1. The number of amides is 3. The minimum absolute atomic E-state index is 0.0539. The number of carbonyl (C=O) groups excluding carboxylic acids is 5. The maximum atomic E-state index is 14.1. The fourth-order valence-electron chi connectivity index (χ4n) is 4.93. The van der Waals surface area contributed by atoms with Gasteiger partial charge in [0.1, 0.15) is 36.9 Å². The minimum Gasteiger partial charge on any atom is -0.461 e. The van der Waals surface area contributed by atoms with Crippen molar-refractivity contribution in [3.8, 4) is 0 Å². The summed E-state index contributed by atoms with van der Waals surface area (Å²) < 4.78 is 28.0. The van der Waals surface area contributed by atoms with Crippen molar-refractivity contribution in [1.82, 2.24) is 16.0 Å². The number of nitrogens with one attached hydrogen (secondary N) is 3. The quantitative estimate of drug-likeness (QED) is 0.0821. The molecule has 290 valence electrons. The molecule has 0 heterocycles. The van der Waals surface area contributed by atoms with Crippen LogP contribution in [0.4, 0.5) is 4.79 Å². The van der Waals surface area contributed by atoms with E-state index in [4.69, 9.17) is 23.7 Å². The number of hydrogen-bond acceptors (Lipinski definition) is 10. The number of hydrogen-bond donors (Lipinski definition) is 3. The lowest BCUT2D eigenvalue weighted by Gasteiger charge is -2.30. The lowest BCUT2D eigenvalue weighted by atomic mass is 10.1. The first-order chi connectivity index (χ1) is 25.8. The summed E-state index contributed by atoms with van der Waals surface area (Å²) in [7, 11) is 0. The average molecular weight is 746 g/mol. The fraction of sp³-hybridized carbons (Fsp3) is 0.390. The van der Waals surface area contributed by atoms with E-state index in [9.17, 15) is 24.0 Å². The molecule has 3 rings (SSSR count). The van der Waals surface area contributed by atoms with E-state index in [1.54, 1.807) is 58.9 Å². The first kappa shape index (κ1) is 42.9. The van der Waals surface area contributed by atoms with Crippen LogP contribution in [0, 0.1) is 0 Å². The summed E-state index contributed by atoms with van der Waals surface area (Å²) >= 11 is 0. The van der Waals surface area contributed by atoms with Gasteiger partial charge >= 0.3 is 18.0 Å². The van der Waals surface area contributed by atoms with Gasteiger partial charge in [-0.25, -0.2) is 9.59 Å². The lowest BCUT2D eigenvalue weighted by Crippen LogP contribution is -2.61. The topological polar surface area (TPSA) is 168 Å². The number of carbonyl (C=O) groups is 5. The summed E-state index contributed by atoms with van der Waals surface area (Å²) in [4.78, 5) is 67.1. The van der Waals surface area contributed by atoms with Crippen LogP contribution in [0.2, 0.25) is 0 Å². The Hall–Kier alpha value is -5.53. The summed E-state index contributed by atoms with van der Waals surface area (Å²) in [5.41, 5.74) is 1.48. The Kier molecular flexibility index (Phi) is 17.4. The van der Waals surface area contributed by atoms with Gasteiger partial charge in [0.2, 0.25) is 11.8 Å². The third-order valence-electron chi connectivity index (χ3n) is 7.74. The maximum Gasteiger partial charge on any atom is 0.408 e. The molecule has 0 aliphatic rings. The molecular weight excluding hydrogens is 694 g/mol. The fourth-order valence-corrected chi connectivity index (χ4v) is 4.93. The molecule has 0 unspecified atom stereocenters. The number of ether oxygens (including phenoxy) is 5. The van der Waals surface area contributed by atoms with Crippen LogP contribution >= 0.6 is 0 Å². The van der Waals surface area contributed by atoms with E-state index in [1.807, 2.05) is 66.7 Å². The van der Waals surface area contributed by atoms with Crippen LogP contribution in [0.5, 0.6) is 0 Å². The molecule has 0 spiro atoms. The summed E-state index contributed by atoms with van der Waals surface area (Å²) in [5, 5.41) is 7.79. The van der Waals surface area contributed by atoms with Gasteiger partial charge in [0.05, 0.1) is 31.8 Å². The Balaban J connectivity index is 1.87. The zero-order valence-corrected chi connectivity index (χ0v) is 31.4. The smallest absolute Gasteiger partial charge is 0.408 e. The predicted molar refractivity (Wildman–Crippen MR) is 200 cm³/mol. The third kappa shape index (κ3) is 15.6. The summed E-state index contributed by atoms with van der Waals surface area (Å²) in [6.45, 7) is 11.7. The van der Waals surface area contributed by atoms with E-state index in [0.29, 0.717) is 0 Å². The highest BCUT2D eigenvalue weighted by Gasteiger charge is 2.37. The van der Waals surface area contributed by atoms with Crippen molar-refractivity contribution >= 4 is 29.8 Å². The highest BCUT2D eigenvalue weighted by molar-refractivity contribution is 5.94. The molecule has 5 atom stereocenters. The van der Waals surface area contributed by atoms with Crippen molar-refractivity contribution in [2.45, 2.75) is 96.8 Å². The van der Waals surface area contributed by atoms with Crippen LogP contribution in [0.3, 0.4) is 0 Å². The van der Waals surface area contributed by atoms with Gasteiger partial charge in [-0.1, -0.05) is 104 Å². The molecule has 0 aromatic heterocycles. The van der Waals surface area contributed by atoms with Crippen LogP contribution < -0.4 is 16.0 Å². The van der Waals surface area contributed by atoms with Gasteiger partial charge in [-0.15, -0.1) is 0 Å². The zero-order chi connectivity index (χ0) is 39.5. The Morgan fingerprint density at radius 2 is 1.09 bits per heavy atom. The van der Waals surface area contributed by atoms with Gasteiger partial charge in [0, 0.05) is 0 Å². The summed E-state index contributed by atoms with van der Waals surface area (Å²) in [6, 6.07) is 23.1. The molecule has 0 fully saturated rings. The molecule has 0 bridgehead atoms. The van der Waals surface area contributed by atoms with Crippen LogP contribution in [0.15, 0.2) is 104 Å². The number of benzene rings is 3. The van der Waals surface area contributed by atoms with Crippen LogP contribution in [0.25, 0.3) is 0 Å². The molecule has 13 heteroatoms. The molecular formula is C41H51N3O10. The molecule has 0 aliphatic carbocycles. The molecule has 0 radical (unpaired) electrons. The van der Waals surface area contributed by atoms with Crippen LogP contribution in [0.1, 0.15) is 57.7 Å². The standard InChI is InChI=1S/C41H51N3O10/c1-7-23-50-39(48)33(24-34(45)53-27-32-21-15-10-16-22-32)42-37(46)35(28(2)51-25-30-17-11-8-12-18-30)43-38(47)36(44-40(49)54-41(4,5)6)29(3)52-26-31-19-13-9-14-20-31/h7-22,28-29,33,35-36H,1,23-27H2,2-6H3,(H,42,46)(H,43,47)(H,44,49)/t28-,29-,33+,35+,36+/m1/s1. The van der Waals surface area contributed by atoms with E-state index < -0.39 is 72.2 Å². The number of esters is 2. The zero-order valence-electron chi connectivity index (χ0n) is 31.4. The van der Waals surface area contributed by atoms with Crippen molar-refractivity contribution < 1.29 is 47.7 Å². The molecule has 3 amide bonds. The van der Waals surface area contributed by atoms with E-state index in [0.717, 1.165) is 16.7 Å². The van der Waals surface area contributed by atoms with E-state index in [2.05, 4.69) is 22.5 Å². The van der Waals surface area contributed by atoms with Crippen molar-refractivity contribution in [3.05, 3.63) is 120 Å². The van der Waals surface area contributed by atoms with Gasteiger partial charge < -0.3 is 39.6 Å². The van der Waals surface area contributed by atoms with Crippen molar-refractivity contribution in [2.24, 2.45) is 0 Å². The predicted octanol–water partition coefficient (Wildman–Crippen LogP) is 4.92. The lowest BCUT2D eigenvalue weighted by molar-refractivity contribution is -0.154. The first-order valence-corrected chi connectivity index (χ1v) is 17.6. The second-order valence-electron chi connectivity index (χ2n) is 13.4. The van der Waals surface area contributed by atoms with Crippen LogP contribution in [-0.4, -0.2) is 72.4 Å². The molecule has 3 aromatic rings. The molecule has 0 saturated heterocycles. The highest BCUT2D eigenvalue weighted by Crippen LogP contribution is 2.13. The molecule has 54 heavy (non-hydrogen) atoms. The highest BCUT2D eigenvalue weighted by atomic mass is 16.6. The largest absolute Gasteiger partial charge is 0.461 e. The SMILES string of the molecule is C=CCOC(=O)[C@H](CC(=O)OCc1ccccc1)NC(=O)[C@@H](NC(=O)[C@@H](NC(=O)OC(C)(C)C)[C@@H](C)OCc1ccccc1)[C@@H](C)OCc1ccccc1. The van der Waals surface area contributed by atoms with E-state index in [-0.39, 0.29) is 26.4 Å². The van der Waals surface area contributed by atoms with Gasteiger partial charge in [-0.05, 0) is 51.3 Å². The first-order valence-electron chi connectivity index (χ1n) is 17.6. The molecule has 3 aromatic carbocycles. The number of rotatable bonds is 20. The second kappa shape index (κ2) is 21.9. The van der Waals surface area contributed by atoms with Crippen molar-refractivity contribution in [1.29, 1.82) is 0 Å². The third-order valence-corrected chi connectivity index (χ3v) is 7.74. The van der Waals surface area contributed by atoms with Gasteiger partial charge in [0.15, 0.2) is 0 Å². The van der Waals surface area contributed by atoms with Crippen molar-refractivity contribution in [3.63, 3.8) is 0 Å². The monoisotopic (exact) mass is 745 g/mol. The minimum atomic E-state index is -1.50. The van der Waals surface area contributed by atoms with Crippen molar-refractivity contribution in [2.75, 3.05) is 6.61 Å². The Morgan fingerprint density at radius 3 is 1.56 bits per heavy atom. The Bertz CT molecular complexity index is 1650. The Labute approximate surface area is 316 Å². The summed E-state index contributed by atoms with van der Waals surface area (Å²) in [6.07, 6.45) is -2.02. The molecule has 0 saturated carbocycles. The van der Waals surface area contributed by atoms with E-state index in [1.165, 1.54) is 6.08 Å². The normalized spacial score (nSPS) is 13.9. The van der Waals surface area contributed by atoms with Gasteiger partial charge in [-0.2, -0.15) is 0 Å². The van der Waals surface area contributed by atoms with E-state index >= 15 is 0 Å². The van der Waals surface area contributed by atoms with Gasteiger partial charge in [-0.3, -0.25) is 14.4 Å². The Morgan fingerprint density at radius 1 is 0.648 bits per heavy atom. The average Bonchev–Trinajstić information content (AvgIpc) is 3.15. The summed E-state index contributed by atoms with van der Waals surface area (Å²) in [5.74, 6) is -3.37. The maximum absolute atomic E-state index is 14.1. The molecule has 3 N–H and O–H groups in total. The molecule has 13 nitrogen and oxygen atoms in total. The second-order valence-corrected chi connectivity index (χ2v) is 13.4. The van der Waals surface area contributed by atoms with Crippen LogP contribution in [-0.2, 0) is 62.7 Å². The molecule has 0 aliphatic heterocycles. The van der Waals surface area contributed by atoms with Gasteiger partial charge in [0.25, 0.3) is 0 Å².